The third-order valence-corrected chi connectivity index (χ3v) is 5.96. The molecule has 0 saturated heterocycles. The maximum Gasteiger partial charge on any atom is 0.254 e. The summed E-state index contributed by atoms with van der Waals surface area (Å²) in [5.74, 6) is 0.649. The highest BCUT2D eigenvalue weighted by Gasteiger charge is 2.28. The molecule has 0 saturated carbocycles. The molecular weight excluding hydrogens is 410 g/mol. The van der Waals surface area contributed by atoms with Crippen LogP contribution in [0.2, 0.25) is 5.02 Å². The van der Waals surface area contributed by atoms with E-state index in [9.17, 15) is 4.79 Å². The number of carbonyl (C=O) groups is 1. The number of amides is 1. The van der Waals surface area contributed by atoms with Crippen molar-refractivity contribution in [3.63, 3.8) is 0 Å². The van der Waals surface area contributed by atoms with E-state index < -0.39 is 0 Å². The van der Waals surface area contributed by atoms with E-state index in [1.54, 1.807) is 24.3 Å². The third-order valence-electron chi connectivity index (χ3n) is 5.71. The summed E-state index contributed by atoms with van der Waals surface area (Å²) in [5, 5.41) is 5.01. The molecule has 31 heavy (non-hydrogen) atoms. The number of halogens is 1. The molecule has 164 valence electrons. The molecule has 1 atom stereocenters. The number of aromatic nitrogens is 1. The quantitative estimate of drug-likeness (QED) is 0.414. The molecule has 0 aliphatic heterocycles. The molecule has 5 nitrogen and oxygen atoms in total. The lowest BCUT2D eigenvalue weighted by Crippen LogP contribution is -2.38. The second-order valence-electron chi connectivity index (χ2n) is 8.08. The minimum atomic E-state index is -0.0376. The Morgan fingerprint density at radius 1 is 1.06 bits per heavy atom. The van der Waals surface area contributed by atoms with E-state index in [1.807, 2.05) is 42.3 Å². The highest BCUT2D eigenvalue weighted by molar-refractivity contribution is 6.30. The summed E-state index contributed by atoms with van der Waals surface area (Å²) in [4.78, 5) is 17.4. The maximum absolute atomic E-state index is 13.5. The molecule has 3 aromatic rings. The van der Waals surface area contributed by atoms with Crippen LogP contribution < -0.4 is 4.90 Å². The van der Waals surface area contributed by atoms with Gasteiger partial charge < -0.3 is 14.3 Å². The molecular formula is C25H30ClN3O2. The van der Waals surface area contributed by atoms with Crippen molar-refractivity contribution in [2.75, 3.05) is 11.9 Å². The summed E-state index contributed by atoms with van der Waals surface area (Å²) in [7, 11) is 1.98. The lowest BCUT2D eigenvalue weighted by Gasteiger charge is -2.30. The van der Waals surface area contributed by atoms with E-state index in [-0.39, 0.29) is 18.0 Å². The summed E-state index contributed by atoms with van der Waals surface area (Å²) >= 11 is 6.02. The molecule has 0 spiro atoms. The second-order valence-corrected chi connectivity index (χ2v) is 8.52. The van der Waals surface area contributed by atoms with Gasteiger partial charge in [0.2, 0.25) is 5.88 Å². The molecule has 3 rings (SSSR count). The van der Waals surface area contributed by atoms with Crippen molar-refractivity contribution < 1.29 is 9.32 Å². The first kappa shape index (κ1) is 22.9. The molecule has 6 heteroatoms. The van der Waals surface area contributed by atoms with Gasteiger partial charge in [0, 0.05) is 35.3 Å². The predicted molar refractivity (Wildman–Crippen MR) is 127 cm³/mol. The van der Waals surface area contributed by atoms with Gasteiger partial charge in [-0.3, -0.25) is 4.79 Å². The summed E-state index contributed by atoms with van der Waals surface area (Å²) in [6.07, 6.45) is 0.834. The van der Waals surface area contributed by atoms with Gasteiger partial charge in [0.25, 0.3) is 5.91 Å². The molecule has 0 unspecified atom stereocenters. The number of anilines is 1. The van der Waals surface area contributed by atoms with Crippen LogP contribution in [0, 0.1) is 0 Å². The van der Waals surface area contributed by atoms with Gasteiger partial charge in [-0.05, 0) is 51.5 Å². The molecule has 1 amide bonds. The van der Waals surface area contributed by atoms with Gasteiger partial charge in [0.15, 0.2) is 0 Å². The van der Waals surface area contributed by atoms with Crippen molar-refractivity contribution in [3.8, 4) is 11.3 Å². The fourth-order valence-electron chi connectivity index (χ4n) is 3.35. The summed E-state index contributed by atoms with van der Waals surface area (Å²) < 4.78 is 5.81. The Labute approximate surface area is 189 Å². The van der Waals surface area contributed by atoms with Gasteiger partial charge in [-0.2, -0.15) is 0 Å². The zero-order valence-electron chi connectivity index (χ0n) is 18.8. The average Bonchev–Trinajstić information content (AvgIpc) is 3.20. The molecule has 2 aromatic carbocycles. The van der Waals surface area contributed by atoms with Gasteiger partial charge in [0.1, 0.15) is 5.69 Å². The van der Waals surface area contributed by atoms with Crippen molar-refractivity contribution in [3.05, 3.63) is 70.7 Å². The second kappa shape index (κ2) is 10.0. The van der Waals surface area contributed by atoms with Crippen LogP contribution >= 0.6 is 11.6 Å². The van der Waals surface area contributed by atoms with Crippen LogP contribution in [0.15, 0.2) is 59.1 Å². The molecule has 1 heterocycles. The Hall–Kier alpha value is -2.79. The van der Waals surface area contributed by atoms with Crippen molar-refractivity contribution in [2.45, 2.75) is 52.7 Å². The Balaban J connectivity index is 2.06. The first-order chi connectivity index (χ1) is 14.8. The maximum atomic E-state index is 13.5. The standard InChI is InChI=1S/C25H30ClN3O2/c1-6-18(4)29(24(30)20-12-14-21(26)15-13-20)16-22-23(19-10-8-7-9-11-19)27-31-25(22)28(5)17(2)3/h7-15,17-18H,6,16H2,1-5H3/t18-/m1/s1. The zero-order chi connectivity index (χ0) is 22.5. The number of carbonyl (C=O) groups excluding carboxylic acids is 1. The Bertz CT molecular complexity index is 999. The SMILES string of the molecule is CC[C@@H](C)N(Cc1c(-c2ccccc2)noc1N(C)C(C)C)C(=O)c1ccc(Cl)cc1. The molecule has 0 N–H and O–H groups in total. The van der Waals surface area contributed by atoms with E-state index in [0.29, 0.717) is 23.0 Å². The fourth-order valence-corrected chi connectivity index (χ4v) is 3.48. The van der Waals surface area contributed by atoms with Crippen LogP contribution in [0.4, 0.5) is 5.88 Å². The smallest absolute Gasteiger partial charge is 0.254 e. The molecule has 0 aliphatic carbocycles. The topological polar surface area (TPSA) is 49.6 Å². The van der Waals surface area contributed by atoms with Gasteiger partial charge in [0.05, 0.1) is 12.1 Å². The van der Waals surface area contributed by atoms with Crippen LogP contribution in [-0.2, 0) is 6.54 Å². The first-order valence-corrected chi connectivity index (χ1v) is 11.0. The van der Waals surface area contributed by atoms with Gasteiger partial charge >= 0.3 is 0 Å². The zero-order valence-corrected chi connectivity index (χ0v) is 19.6. The van der Waals surface area contributed by atoms with Crippen molar-refractivity contribution in [1.82, 2.24) is 10.1 Å². The van der Waals surface area contributed by atoms with Gasteiger partial charge in [-0.15, -0.1) is 0 Å². The number of benzene rings is 2. The lowest BCUT2D eigenvalue weighted by molar-refractivity contribution is 0.0672. The van der Waals surface area contributed by atoms with Crippen LogP contribution in [0.3, 0.4) is 0 Å². The number of hydrogen-bond acceptors (Lipinski definition) is 4. The van der Waals surface area contributed by atoms with Gasteiger partial charge in [-0.1, -0.05) is 54.0 Å². The molecule has 1 aromatic heterocycles. The van der Waals surface area contributed by atoms with Crippen LogP contribution in [0.1, 0.15) is 50.0 Å². The third kappa shape index (κ3) is 5.10. The molecule has 0 bridgehead atoms. The van der Waals surface area contributed by atoms with Crippen LogP contribution in [0.25, 0.3) is 11.3 Å². The number of rotatable bonds is 8. The normalized spacial score (nSPS) is 12.1. The van der Waals surface area contributed by atoms with E-state index in [2.05, 4.69) is 37.8 Å². The largest absolute Gasteiger partial charge is 0.341 e. The summed E-state index contributed by atoms with van der Waals surface area (Å²) in [6, 6.07) is 17.2. The first-order valence-electron chi connectivity index (χ1n) is 10.7. The Morgan fingerprint density at radius 3 is 2.29 bits per heavy atom. The van der Waals surface area contributed by atoms with E-state index in [4.69, 9.17) is 16.1 Å². The monoisotopic (exact) mass is 439 g/mol. The van der Waals surface area contributed by atoms with E-state index >= 15 is 0 Å². The number of hydrogen-bond donors (Lipinski definition) is 0. The van der Waals surface area contributed by atoms with Gasteiger partial charge in [-0.25, -0.2) is 0 Å². The van der Waals surface area contributed by atoms with Crippen LogP contribution in [-0.4, -0.2) is 35.1 Å². The highest BCUT2D eigenvalue weighted by Crippen LogP contribution is 2.33. The summed E-state index contributed by atoms with van der Waals surface area (Å²) in [5.41, 5.74) is 3.25. The Kier molecular flexibility index (Phi) is 7.39. The van der Waals surface area contributed by atoms with Crippen molar-refractivity contribution in [2.24, 2.45) is 0 Å². The minimum absolute atomic E-state index is 0.0376. The predicted octanol–water partition coefficient (Wildman–Crippen LogP) is 6.28. The average molecular weight is 440 g/mol. The molecule has 0 aliphatic rings. The molecule has 0 radical (unpaired) electrons. The van der Waals surface area contributed by atoms with E-state index in [1.165, 1.54) is 0 Å². The number of nitrogens with zero attached hydrogens (tertiary/aromatic N) is 3. The molecule has 0 fully saturated rings. The van der Waals surface area contributed by atoms with Crippen molar-refractivity contribution >= 4 is 23.4 Å². The summed E-state index contributed by atoms with van der Waals surface area (Å²) in [6.45, 7) is 8.74. The van der Waals surface area contributed by atoms with Crippen LogP contribution in [0.5, 0.6) is 0 Å². The van der Waals surface area contributed by atoms with Crippen molar-refractivity contribution in [1.29, 1.82) is 0 Å². The minimum Gasteiger partial charge on any atom is -0.341 e. The Morgan fingerprint density at radius 2 is 1.71 bits per heavy atom. The highest BCUT2D eigenvalue weighted by atomic mass is 35.5. The lowest BCUT2D eigenvalue weighted by atomic mass is 10.0. The van der Waals surface area contributed by atoms with E-state index in [0.717, 1.165) is 23.2 Å². The fraction of sp³-hybridized carbons (Fsp3) is 0.360.